The number of ether oxygens (including phenoxy) is 1. The molecule has 0 fully saturated rings. The van der Waals surface area contributed by atoms with Crippen LogP contribution in [0.5, 0.6) is 5.75 Å². The van der Waals surface area contributed by atoms with Crippen LogP contribution in [0.15, 0.2) is 47.6 Å². The van der Waals surface area contributed by atoms with Gasteiger partial charge in [-0.25, -0.2) is 0 Å². The zero-order chi connectivity index (χ0) is 24.8. The summed E-state index contributed by atoms with van der Waals surface area (Å²) in [4.78, 5) is 25.4. The number of methoxy groups -OCH3 is 1. The van der Waals surface area contributed by atoms with Crippen molar-refractivity contribution in [1.29, 1.82) is 0 Å². The number of carbonyl (C=O) groups excluding carboxylic acids is 2. The molecule has 0 saturated carbocycles. The minimum Gasteiger partial charge on any atom is -0.495 e. The van der Waals surface area contributed by atoms with Crippen LogP contribution in [0.4, 0.5) is 5.69 Å². The summed E-state index contributed by atoms with van der Waals surface area (Å²) in [7, 11) is 3.41. The molecule has 1 atom stereocenters. The Morgan fingerprint density at radius 3 is 2.50 bits per heavy atom. The summed E-state index contributed by atoms with van der Waals surface area (Å²) in [6.07, 6.45) is 0. The highest BCUT2D eigenvalue weighted by Gasteiger charge is 2.25. The second-order valence-corrected chi connectivity index (χ2v) is 9.45. The van der Waals surface area contributed by atoms with Gasteiger partial charge in [-0.1, -0.05) is 49.4 Å². The van der Waals surface area contributed by atoms with Gasteiger partial charge in [0.1, 0.15) is 5.75 Å². The van der Waals surface area contributed by atoms with Crippen molar-refractivity contribution < 1.29 is 14.3 Å². The Bertz CT molecular complexity index is 1180. The van der Waals surface area contributed by atoms with E-state index in [-0.39, 0.29) is 29.5 Å². The first-order valence-corrected chi connectivity index (χ1v) is 12.0. The lowest BCUT2D eigenvalue weighted by Crippen LogP contribution is -2.33. The molecule has 3 rings (SSSR count). The fourth-order valence-electron chi connectivity index (χ4n) is 3.50. The topological polar surface area (TPSA) is 98.1 Å². The molecule has 2 amide bonds. The van der Waals surface area contributed by atoms with Crippen LogP contribution in [-0.4, -0.2) is 39.4 Å². The molecule has 1 aromatic heterocycles. The van der Waals surface area contributed by atoms with E-state index in [1.165, 1.54) is 11.8 Å². The molecule has 0 aliphatic carbocycles. The number of anilines is 1. The van der Waals surface area contributed by atoms with Gasteiger partial charge in [0.05, 0.1) is 24.6 Å². The van der Waals surface area contributed by atoms with Crippen molar-refractivity contribution in [2.45, 2.75) is 38.9 Å². The quantitative estimate of drug-likeness (QED) is 0.442. The highest BCUT2D eigenvalue weighted by atomic mass is 32.2. The summed E-state index contributed by atoms with van der Waals surface area (Å²) in [5.74, 6) is 1.16. The Morgan fingerprint density at radius 2 is 1.82 bits per heavy atom. The van der Waals surface area contributed by atoms with Crippen molar-refractivity contribution in [2.75, 3.05) is 18.2 Å². The number of amides is 2. The van der Waals surface area contributed by atoms with Crippen LogP contribution < -0.4 is 15.4 Å². The number of aryl methyl sites for hydroxylation is 2. The molecule has 0 radical (unpaired) electrons. The molecule has 9 heteroatoms. The van der Waals surface area contributed by atoms with Crippen molar-refractivity contribution in [1.82, 2.24) is 20.1 Å². The minimum atomic E-state index is -0.328. The molecule has 1 heterocycles. The summed E-state index contributed by atoms with van der Waals surface area (Å²) < 4.78 is 7.15. The smallest absolute Gasteiger partial charge is 0.251 e. The van der Waals surface area contributed by atoms with Gasteiger partial charge >= 0.3 is 0 Å². The normalized spacial score (nSPS) is 11.9. The van der Waals surface area contributed by atoms with Gasteiger partial charge in [0, 0.05) is 12.6 Å². The van der Waals surface area contributed by atoms with E-state index in [0.717, 1.165) is 11.1 Å². The second-order valence-electron chi connectivity index (χ2n) is 8.51. The molecule has 0 aliphatic heterocycles. The van der Waals surface area contributed by atoms with Gasteiger partial charge in [0.15, 0.2) is 11.0 Å². The number of carbonyl (C=O) groups is 2. The molecule has 0 aliphatic rings. The minimum absolute atomic E-state index is 0.0894. The predicted molar refractivity (Wildman–Crippen MR) is 134 cm³/mol. The number of hydrogen-bond donors (Lipinski definition) is 2. The molecular weight excluding hydrogens is 450 g/mol. The summed E-state index contributed by atoms with van der Waals surface area (Å²) in [6.45, 7) is 7.94. The lowest BCUT2D eigenvalue weighted by Gasteiger charge is -2.22. The number of hydrogen-bond acceptors (Lipinski definition) is 6. The lowest BCUT2D eigenvalue weighted by atomic mass is 10.0. The Kier molecular flexibility index (Phi) is 8.33. The average molecular weight is 482 g/mol. The fourth-order valence-corrected chi connectivity index (χ4v) is 4.22. The summed E-state index contributed by atoms with van der Waals surface area (Å²) in [6, 6.07) is 12.7. The van der Waals surface area contributed by atoms with Crippen LogP contribution in [-0.2, 0) is 11.8 Å². The number of benzene rings is 2. The molecule has 8 nitrogen and oxygen atoms in total. The zero-order valence-electron chi connectivity index (χ0n) is 20.4. The number of aromatic nitrogens is 3. The van der Waals surface area contributed by atoms with Crippen LogP contribution in [0.2, 0.25) is 0 Å². The maximum atomic E-state index is 12.8. The SMILES string of the molecule is COc1ccc(C)cc1NC(=O)CSc1nnc([C@H](NC(=O)c2cccc(C)c2)C(C)C)n1C. The predicted octanol–water partition coefficient (Wildman–Crippen LogP) is 4.30. The number of nitrogens with zero attached hydrogens (tertiary/aromatic N) is 3. The van der Waals surface area contributed by atoms with E-state index in [4.69, 9.17) is 4.74 Å². The van der Waals surface area contributed by atoms with E-state index in [9.17, 15) is 9.59 Å². The van der Waals surface area contributed by atoms with Gasteiger partial charge in [-0.15, -0.1) is 10.2 Å². The second kappa shape index (κ2) is 11.2. The van der Waals surface area contributed by atoms with E-state index in [1.807, 2.05) is 75.7 Å². The van der Waals surface area contributed by atoms with Gasteiger partial charge in [0.25, 0.3) is 5.91 Å². The van der Waals surface area contributed by atoms with E-state index in [1.54, 1.807) is 13.2 Å². The number of nitrogens with one attached hydrogen (secondary N) is 2. The molecule has 0 spiro atoms. The molecule has 0 unspecified atom stereocenters. The van der Waals surface area contributed by atoms with Crippen LogP contribution in [0, 0.1) is 19.8 Å². The highest BCUT2D eigenvalue weighted by molar-refractivity contribution is 7.99. The third-order valence-corrected chi connectivity index (χ3v) is 6.36. The third-order valence-electron chi connectivity index (χ3n) is 5.34. The Labute approximate surface area is 204 Å². The largest absolute Gasteiger partial charge is 0.495 e. The Balaban J connectivity index is 1.68. The van der Waals surface area contributed by atoms with Gasteiger partial charge in [0.2, 0.25) is 5.91 Å². The van der Waals surface area contributed by atoms with E-state index >= 15 is 0 Å². The van der Waals surface area contributed by atoms with Crippen LogP contribution in [0.1, 0.15) is 47.2 Å². The van der Waals surface area contributed by atoms with Crippen molar-refractivity contribution in [2.24, 2.45) is 13.0 Å². The van der Waals surface area contributed by atoms with Crippen molar-refractivity contribution in [3.63, 3.8) is 0 Å². The first-order valence-electron chi connectivity index (χ1n) is 11.0. The van der Waals surface area contributed by atoms with Crippen molar-refractivity contribution >= 4 is 29.3 Å². The summed E-state index contributed by atoms with van der Waals surface area (Å²) >= 11 is 1.28. The maximum Gasteiger partial charge on any atom is 0.251 e. The summed E-state index contributed by atoms with van der Waals surface area (Å²) in [5, 5.41) is 15.2. The molecule has 180 valence electrons. The first kappa shape index (κ1) is 25.3. The highest BCUT2D eigenvalue weighted by Crippen LogP contribution is 2.27. The molecule has 0 saturated heterocycles. The van der Waals surface area contributed by atoms with E-state index in [0.29, 0.717) is 28.0 Å². The Hall–Kier alpha value is -3.33. The van der Waals surface area contributed by atoms with Gasteiger partial charge in [-0.2, -0.15) is 0 Å². The first-order chi connectivity index (χ1) is 16.2. The number of thioether (sulfide) groups is 1. The molecule has 34 heavy (non-hydrogen) atoms. The van der Waals surface area contributed by atoms with E-state index in [2.05, 4.69) is 20.8 Å². The van der Waals surface area contributed by atoms with E-state index < -0.39 is 0 Å². The van der Waals surface area contributed by atoms with Crippen molar-refractivity contribution in [3.05, 3.63) is 65.0 Å². The molecule has 2 aromatic carbocycles. The number of rotatable bonds is 9. The van der Waals surface area contributed by atoms with Gasteiger partial charge in [-0.3, -0.25) is 9.59 Å². The van der Waals surface area contributed by atoms with Crippen molar-refractivity contribution in [3.8, 4) is 5.75 Å². The van der Waals surface area contributed by atoms with Crippen LogP contribution in [0.3, 0.4) is 0 Å². The molecular formula is C25H31N5O3S. The third kappa shape index (κ3) is 6.17. The maximum absolute atomic E-state index is 12.8. The Morgan fingerprint density at radius 1 is 1.09 bits per heavy atom. The standard InChI is InChI=1S/C25H31N5O3S/c1-15(2)22(27-24(32)18-9-7-8-16(3)12-18)23-28-29-25(30(23)5)34-14-21(31)26-19-13-17(4)10-11-20(19)33-6/h7-13,15,22H,14H2,1-6H3,(H,26,31)(H,27,32)/t22-/m1/s1. The fraction of sp³-hybridized carbons (Fsp3) is 0.360. The van der Waals surface area contributed by atoms with Crippen LogP contribution >= 0.6 is 11.8 Å². The monoisotopic (exact) mass is 481 g/mol. The van der Waals surface area contributed by atoms with Gasteiger partial charge in [-0.05, 0) is 49.6 Å². The summed E-state index contributed by atoms with van der Waals surface area (Å²) in [5.41, 5.74) is 3.28. The van der Waals surface area contributed by atoms with Gasteiger partial charge < -0.3 is 19.9 Å². The molecule has 3 aromatic rings. The zero-order valence-corrected chi connectivity index (χ0v) is 21.2. The van der Waals surface area contributed by atoms with Crippen LogP contribution in [0.25, 0.3) is 0 Å². The molecule has 2 N–H and O–H groups in total. The average Bonchev–Trinajstić information content (AvgIpc) is 3.15. The molecule has 0 bridgehead atoms. The lowest BCUT2D eigenvalue weighted by molar-refractivity contribution is -0.113.